The fourth-order valence-electron chi connectivity index (χ4n) is 2.86. The minimum Gasteiger partial charge on any atom is -0.118 e. The minimum absolute atomic E-state index is 0.165. The second-order valence-electron chi connectivity index (χ2n) is 5.47. The average Bonchev–Trinajstić information content (AvgIpc) is 3.26. The molecule has 19 heavy (non-hydrogen) atoms. The molecule has 2 aromatic carbocycles. The normalized spacial score (nSPS) is 23.0. The molecular formula is C18H19Cl. The Bertz CT molecular complexity index is 506. The number of alkyl halides is 1. The van der Waals surface area contributed by atoms with E-state index in [1.165, 1.54) is 24.0 Å². The molecule has 3 rings (SSSR count). The molecule has 3 atom stereocenters. The van der Waals surface area contributed by atoms with Gasteiger partial charge >= 0.3 is 0 Å². The van der Waals surface area contributed by atoms with Crippen LogP contribution in [0.3, 0.4) is 0 Å². The molecule has 0 amide bonds. The molecule has 0 aliphatic heterocycles. The van der Waals surface area contributed by atoms with E-state index in [-0.39, 0.29) is 5.38 Å². The van der Waals surface area contributed by atoms with Crippen molar-refractivity contribution in [1.82, 2.24) is 0 Å². The lowest BCUT2D eigenvalue weighted by Gasteiger charge is -2.09. The third-order valence-corrected chi connectivity index (χ3v) is 4.57. The van der Waals surface area contributed by atoms with Gasteiger partial charge in [-0.15, -0.1) is 11.6 Å². The van der Waals surface area contributed by atoms with Gasteiger partial charge in [-0.1, -0.05) is 60.7 Å². The highest BCUT2D eigenvalue weighted by atomic mass is 35.5. The third kappa shape index (κ3) is 3.19. The van der Waals surface area contributed by atoms with Gasteiger partial charge in [-0.3, -0.25) is 0 Å². The van der Waals surface area contributed by atoms with Crippen LogP contribution in [-0.4, -0.2) is 0 Å². The fourth-order valence-corrected chi connectivity index (χ4v) is 3.14. The molecule has 0 bridgehead atoms. The van der Waals surface area contributed by atoms with E-state index in [1.54, 1.807) is 0 Å². The van der Waals surface area contributed by atoms with E-state index in [0.717, 1.165) is 18.3 Å². The number of benzene rings is 2. The first-order chi connectivity index (χ1) is 9.34. The van der Waals surface area contributed by atoms with Crippen molar-refractivity contribution >= 4 is 11.6 Å². The summed E-state index contributed by atoms with van der Waals surface area (Å²) in [5.41, 5.74) is 2.75. The molecular weight excluding hydrogens is 252 g/mol. The Balaban J connectivity index is 1.50. The largest absolute Gasteiger partial charge is 0.118 e. The standard InChI is InChI=1S/C18H19Cl/c19-18(15-9-5-2-6-10-15)12-11-16-13-17(16)14-7-3-1-4-8-14/h1-10,16-18H,11-13H2. The van der Waals surface area contributed by atoms with Crippen molar-refractivity contribution in [1.29, 1.82) is 0 Å². The maximum atomic E-state index is 6.47. The number of halogens is 1. The second-order valence-corrected chi connectivity index (χ2v) is 6.00. The summed E-state index contributed by atoms with van der Waals surface area (Å²) in [6.45, 7) is 0. The van der Waals surface area contributed by atoms with E-state index in [4.69, 9.17) is 11.6 Å². The molecule has 3 unspecified atom stereocenters. The predicted molar refractivity (Wildman–Crippen MR) is 81.6 cm³/mol. The van der Waals surface area contributed by atoms with Crippen LogP contribution >= 0.6 is 11.6 Å². The summed E-state index contributed by atoms with van der Waals surface area (Å²) < 4.78 is 0. The first-order valence-electron chi connectivity index (χ1n) is 7.08. The Morgan fingerprint density at radius 2 is 1.58 bits per heavy atom. The summed E-state index contributed by atoms with van der Waals surface area (Å²) in [4.78, 5) is 0. The molecule has 0 heterocycles. The molecule has 1 saturated carbocycles. The van der Waals surface area contributed by atoms with Gasteiger partial charge in [0.15, 0.2) is 0 Å². The van der Waals surface area contributed by atoms with Gasteiger partial charge in [-0.25, -0.2) is 0 Å². The summed E-state index contributed by atoms with van der Waals surface area (Å²) in [6, 6.07) is 21.3. The van der Waals surface area contributed by atoms with Gasteiger partial charge < -0.3 is 0 Å². The first-order valence-corrected chi connectivity index (χ1v) is 7.52. The van der Waals surface area contributed by atoms with E-state index in [0.29, 0.717) is 0 Å². The average molecular weight is 271 g/mol. The third-order valence-electron chi connectivity index (χ3n) is 4.10. The molecule has 98 valence electrons. The van der Waals surface area contributed by atoms with Crippen molar-refractivity contribution in [2.45, 2.75) is 30.6 Å². The van der Waals surface area contributed by atoms with E-state index in [9.17, 15) is 0 Å². The Hall–Kier alpha value is -1.27. The lowest BCUT2D eigenvalue weighted by molar-refractivity contribution is 0.639. The van der Waals surface area contributed by atoms with Crippen molar-refractivity contribution in [3.63, 3.8) is 0 Å². The quantitative estimate of drug-likeness (QED) is 0.625. The van der Waals surface area contributed by atoms with Gasteiger partial charge in [0.2, 0.25) is 0 Å². The molecule has 0 N–H and O–H groups in total. The molecule has 0 saturated heterocycles. The molecule has 1 aliphatic carbocycles. The van der Waals surface area contributed by atoms with Crippen LogP contribution in [0.1, 0.15) is 41.7 Å². The summed E-state index contributed by atoms with van der Waals surface area (Å²) in [5.74, 6) is 1.62. The van der Waals surface area contributed by atoms with E-state index in [1.807, 2.05) is 6.07 Å². The topological polar surface area (TPSA) is 0 Å². The highest BCUT2D eigenvalue weighted by molar-refractivity contribution is 6.20. The molecule has 1 aliphatic rings. The Morgan fingerprint density at radius 1 is 0.947 bits per heavy atom. The Kier molecular flexibility index (Phi) is 3.89. The van der Waals surface area contributed by atoms with Crippen LogP contribution in [0.4, 0.5) is 0 Å². The van der Waals surface area contributed by atoms with E-state index >= 15 is 0 Å². The number of rotatable bonds is 5. The van der Waals surface area contributed by atoms with Crippen molar-refractivity contribution < 1.29 is 0 Å². The first kappa shape index (κ1) is 12.7. The zero-order chi connectivity index (χ0) is 13.1. The van der Waals surface area contributed by atoms with Gasteiger partial charge in [0.05, 0.1) is 5.38 Å². The van der Waals surface area contributed by atoms with Crippen LogP contribution in [0.5, 0.6) is 0 Å². The zero-order valence-electron chi connectivity index (χ0n) is 11.0. The molecule has 2 aromatic rings. The van der Waals surface area contributed by atoms with Gasteiger partial charge in [-0.05, 0) is 42.2 Å². The zero-order valence-corrected chi connectivity index (χ0v) is 11.8. The number of hydrogen-bond donors (Lipinski definition) is 0. The van der Waals surface area contributed by atoms with Crippen molar-refractivity contribution in [2.75, 3.05) is 0 Å². The van der Waals surface area contributed by atoms with Gasteiger partial charge in [-0.2, -0.15) is 0 Å². The summed E-state index contributed by atoms with van der Waals surface area (Å²) in [6.07, 6.45) is 3.66. The lowest BCUT2D eigenvalue weighted by Crippen LogP contribution is -1.92. The summed E-state index contributed by atoms with van der Waals surface area (Å²) >= 11 is 6.47. The molecule has 0 radical (unpaired) electrons. The summed E-state index contributed by atoms with van der Waals surface area (Å²) in [7, 11) is 0. The Labute approximate surface area is 120 Å². The van der Waals surface area contributed by atoms with Crippen LogP contribution in [0.25, 0.3) is 0 Å². The molecule has 0 nitrogen and oxygen atoms in total. The van der Waals surface area contributed by atoms with Crippen molar-refractivity contribution in [3.8, 4) is 0 Å². The highest BCUT2D eigenvalue weighted by Crippen LogP contribution is 2.51. The minimum atomic E-state index is 0.165. The lowest BCUT2D eigenvalue weighted by atomic mass is 10.0. The van der Waals surface area contributed by atoms with E-state index in [2.05, 4.69) is 54.6 Å². The maximum Gasteiger partial charge on any atom is 0.0585 e. The second kappa shape index (κ2) is 5.79. The Morgan fingerprint density at radius 3 is 2.26 bits per heavy atom. The van der Waals surface area contributed by atoms with Crippen LogP contribution in [-0.2, 0) is 0 Å². The van der Waals surface area contributed by atoms with E-state index < -0.39 is 0 Å². The van der Waals surface area contributed by atoms with Gasteiger partial charge in [0.1, 0.15) is 0 Å². The number of hydrogen-bond acceptors (Lipinski definition) is 0. The predicted octanol–water partition coefficient (Wildman–Crippen LogP) is 5.55. The molecule has 0 aromatic heterocycles. The van der Waals surface area contributed by atoms with Crippen LogP contribution < -0.4 is 0 Å². The smallest absolute Gasteiger partial charge is 0.0585 e. The van der Waals surface area contributed by atoms with Gasteiger partial charge in [0, 0.05) is 0 Å². The monoisotopic (exact) mass is 270 g/mol. The van der Waals surface area contributed by atoms with Crippen molar-refractivity contribution in [3.05, 3.63) is 71.8 Å². The maximum absolute atomic E-state index is 6.47. The van der Waals surface area contributed by atoms with Crippen LogP contribution in [0.15, 0.2) is 60.7 Å². The van der Waals surface area contributed by atoms with Crippen molar-refractivity contribution in [2.24, 2.45) is 5.92 Å². The highest BCUT2D eigenvalue weighted by Gasteiger charge is 2.37. The summed E-state index contributed by atoms with van der Waals surface area (Å²) in [5, 5.41) is 0.165. The molecule has 1 heteroatoms. The van der Waals surface area contributed by atoms with Crippen LogP contribution in [0.2, 0.25) is 0 Å². The SMILES string of the molecule is ClC(CCC1CC1c1ccccc1)c1ccccc1. The van der Waals surface area contributed by atoms with Gasteiger partial charge in [0.25, 0.3) is 0 Å². The van der Waals surface area contributed by atoms with Crippen LogP contribution in [0, 0.1) is 5.92 Å². The molecule has 1 fully saturated rings. The fraction of sp³-hybridized carbons (Fsp3) is 0.333. The molecule has 0 spiro atoms.